The number of rotatable bonds is 3. The maximum Gasteiger partial charge on any atom is 0.320 e. The van der Waals surface area contributed by atoms with Crippen LogP contribution in [-0.4, -0.2) is 71.2 Å². The van der Waals surface area contributed by atoms with Crippen LogP contribution in [-0.2, 0) is 14.3 Å². The molecule has 0 aromatic carbocycles. The summed E-state index contributed by atoms with van der Waals surface area (Å²) >= 11 is 0. The molecule has 2 aliphatic rings. The maximum atomic E-state index is 12.5. The molecule has 6 heteroatoms. The van der Waals surface area contributed by atoms with E-state index in [1.165, 1.54) is 0 Å². The maximum absolute atomic E-state index is 12.5. The van der Waals surface area contributed by atoms with Crippen LogP contribution in [0.4, 0.5) is 0 Å². The number of carbonyl (C=O) groups is 2. The molecule has 2 heterocycles. The minimum absolute atomic E-state index is 0.0187. The van der Waals surface area contributed by atoms with Crippen LogP contribution in [0.3, 0.4) is 0 Å². The highest BCUT2D eigenvalue weighted by atomic mass is 16.5. The van der Waals surface area contributed by atoms with Crippen LogP contribution in [0.15, 0.2) is 0 Å². The fourth-order valence-corrected chi connectivity index (χ4v) is 3.29. The van der Waals surface area contributed by atoms with E-state index in [1.54, 1.807) is 0 Å². The summed E-state index contributed by atoms with van der Waals surface area (Å²) in [5.74, 6) is -0.793. The molecule has 1 N–H and O–H groups in total. The van der Waals surface area contributed by atoms with E-state index < -0.39 is 12.0 Å². The van der Waals surface area contributed by atoms with Gasteiger partial charge in [-0.3, -0.25) is 14.5 Å². The topological polar surface area (TPSA) is 70.1 Å². The first-order valence-corrected chi connectivity index (χ1v) is 7.87. The van der Waals surface area contributed by atoms with E-state index in [4.69, 9.17) is 4.74 Å². The number of ether oxygens (including phenoxy) is 1. The van der Waals surface area contributed by atoms with E-state index in [0.29, 0.717) is 26.1 Å². The van der Waals surface area contributed by atoms with Crippen molar-refractivity contribution in [1.29, 1.82) is 0 Å². The smallest absolute Gasteiger partial charge is 0.320 e. The first kappa shape index (κ1) is 16.2. The van der Waals surface area contributed by atoms with Gasteiger partial charge in [0.25, 0.3) is 0 Å². The average molecular weight is 298 g/mol. The summed E-state index contributed by atoms with van der Waals surface area (Å²) in [5, 5.41) is 9.35. The number of amides is 1. The summed E-state index contributed by atoms with van der Waals surface area (Å²) in [6.45, 7) is 6.00. The van der Waals surface area contributed by atoms with Gasteiger partial charge in [0.2, 0.25) is 5.91 Å². The van der Waals surface area contributed by atoms with Crippen molar-refractivity contribution in [2.45, 2.75) is 57.8 Å². The predicted octanol–water partition coefficient (Wildman–Crippen LogP) is 0.951. The molecule has 0 spiro atoms. The summed E-state index contributed by atoms with van der Waals surface area (Å²) in [6, 6.07) is -0.521. The van der Waals surface area contributed by atoms with Crippen molar-refractivity contribution >= 4 is 11.9 Å². The molecular formula is C15H26N2O4. The summed E-state index contributed by atoms with van der Waals surface area (Å²) in [7, 11) is 0. The van der Waals surface area contributed by atoms with Crippen LogP contribution in [0.25, 0.3) is 0 Å². The van der Waals surface area contributed by atoms with Gasteiger partial charge in [0.15, 0.2) is 0 Å². The number of carbonyl (C=O) groups excluding carboxylic acids is 1. The van der Waals surface area contributed by atoms with Crippen molar-refractivity contribution in [2.75, 3.05) is 26.2 Å². The summed E-state index contributed by atoms with van der Waals surface area (Å²) in [5.41, 5.74) is 0. The van der Waals surface area contributed by atoms with E-state index in [2.05, 4.69) is 0 Å². The second-order valence-corrected chi connectivity index (χ2v) is 6.23. The van der Waals surface area contributed by atoms with Crippen LogP contribution in [0.1, 0.15) is 39.5 Å². The lowest BCUT2D eigenvalue weighted by molar-refractivity contribution is -0.148. The summed E-state index contributed by atoms with van der Waals surface area (Å²) < 4.78 is 5.63. The van der Waals surface area contributed by atoms with Crippen LogP contribution in [0, 0.1) is 0 Å². The molecule has 2 fully saturated rings. The Morgan fingerprint density at radius 2 is 1.81 bits per heavy atom. The minimum Gasteiger partial charge on any atom is -0.480 e. The molecule has 6 nitrogen and oxygen atoms in total. The van der Waals surface area contributed by atoms with Crippen molar-refractivity contribution < 1.29 is 19.4 Å². The molecule has 21 heavy (non-hydrogen) atoms. The Kier molecular flexibility index (Phi) is 5.58. The number of likely N-dealkylation sites (tertiary alicyclic amines) is 1. The van der Waals surface area contributed by atoms with Crippen molar-refractivity contribution in [3.63, 3.8) is 0 Å². The van der Waals surface area contributed by atoms with Crippen LogP contribution in [0.5, 0.6) is 0 Å². The molecule has 0 aromatic rings. The molecule has 2 saturated heterocycles. The average Bonchev–Trinajstić information content (AvgIpc) is 2.63. The molecule has 120 valence electrons. The van der Waals surface area contributed by atoms with Gasteiger partial charge in [-0.15, -0.1) is 0 Å². The van der Waals surface area contributed by atoms with Gasteiger partial charge < -0.3 is 14.7 Å². The normalized spacial score (nSPS) is 31.7. The van der Waals surface area contributed by atoms with Crippen LogP contribution >= 0.6 is 0 Å². The molecule has 0 saturated carbocycles. The molecule has 0 aromatic heterocycles. The van der Waals surface area contributed by atoms with Gasteiger partial charge in [0, 0.05) is 13.1 Å². The van der Waals surface area contributed by atoms with Crippen LogP contribution in [0.2, 0.25) is 0 Å². The first-order valence-electron chi connectivity index (χ1n) is 7.87. The van der Waals surface area contributed by atoms with Crippen molar-refractivity contribution in [3.8, 4) is 0 Å². The molecule has 3 unspecified atom stereocenters. The molecule has 0 aliphatic carbocycles. The van der Waals surface area contributed by atoms with E-state index in [1.807, 2.05) is 23.6 Å². The third-order valence-corrected chi connectivity index (χ3v) is 4.26. The van der Waals surface area contributed by atoms with E-state index in [-0.39, 0.29) is 24.7 Å². The van der Waals surface area contributed by atoms with Gasteiger partial charge in [-0.05, 0) is 33.2 Å². The Bertz CT molecular complexity index is 378. The lowest BCUT2D eigenvalue weighted by Crippen LogP contribution is -2.53. The van der Waals surface area contributed by atoms with Crippen molar-refractivity contribution in [2.24, 2.45) is 0 Å². The Labute approximate surface area is 126 Å². The molecular weight excluding hydrogens is 272 g/mol. The minimum atomic E-state index is -0.812. The van der Waals surface area contributed by atoms with Gasteiger partial charge in [0.05, 0.1) is 18.8 Å². The van der Waals surface area contributed by atoms with E-state index in [0.717, 1.165) is 19.3 Å². The SMILES string of the molecule is CC1CN(C(=O)CN2CCCCCC2C(=O)O)CC(C)O1. The Morgan fingerprint density at radius 1 is 1.14 bits per heavy atom. The zero-order chi connectivity index (χ0) is 15.4. The lowest BCUT2D eigenvalue weighted by Gasteiger charge is -2.37. The molecule has 3 atom stereocenters. The van der Waals surface area contributed by atoms with Gasteiger partial charge >= 0.3 is 5.97 Å². The van der Waals surface area contributed by atoms with Crippen LogP contribution < -0.4 is 0 Å². The molecule has 0 radical (unpaired) electrons. The monoisotopic (exact) mass is 298 g/mol. The number of hydrogen-bond acceptors (Lipinski definition) is 4. The number of morpholine rings is 1. The number of aliphatic carboxylic acids is 1. The van der Waals surface area contributed by atoms with E-state index >= 15 is 0 Å². The van der Waals surface area contributed by atoms with Gasteiger partial charge in [0.1, 0.15) is 6.04 Å². The largest absolute Gasteiger partial charge is 0.480 e. The third-order valence-electron chi connectivity index (χ3n) is 4.26. The standard InChI is InChI=1S/C15H26N2O4/c1-11-8-17(9-12(2)21-11)14(18)10-16-7-5-3-4-6-13(16)15(19)20/h11-13H,3-10H2,1-2H3,(H,19,20). The molecule has 1 amide bonds. The lowest BCUT2D eigenvalue weighted by atomic mass is 10.1. The Hall–Kier alpha value is -1.14. The highest BCUT2D eigenvalue weighted by Crippen LogP contribution is 2.18. The predicted molar refractivity (Wildman–Crippen MR) is 78.1 cm³/mol. The van der Waals surface area contributed by atoms with Gasteiger partial charge in [-0.25, -0.2) is 0 Å². The fourth-order valence-electron chi connectivity index (χ4n) is 3.29. The molecule has 2 rings (SSSR count). The number of hydrogen-bond donors (Lipinski definition) is 1. The number of carboxylic acid groups (broad SMARTS) is 1. The summed E-state index contributed by atoms with van der Waals surface area (Å²) in [4.78, 5) is 27.5. The zero-order valence-corrected chi connectivity index (χ0v) is 13.0. The Morgan fingerprint density at radius 3 is 2.43 bits per heavy atom. The second kappa shape index (κ2) is 7.22. The Balaban J connectivity index is 1.97. The first-order chi connectivity index (χ1) is 9.97. The van der Waals surface area contributed by atoms with Crippen molar-refractivity contribution in [1.82, 2.24) is 9.80 Å². The third kappa shape index (κ3) is 4.41. The fraction of sp³-hybridized carbons (Fsp3) is 0.867. The van der Waals surface area contributed by atoms with E-state index in [9.17, 15) is 14.7 Å². The van der Waals surface area contributed by atoms with Crippen molar-refractivity contribution in [3.05, 3.63) is 0 Å². The molecule has 0 bridgehead atoms. The highest BCUT2D eigenvalue weighted by molar-refractivity contribution is 5.80. The van der Waals surface area contributed by atoms with Gasteiger partial charge in [-0.2, -0.15) is 0 Å². The number of nitrogens with zero attached hydrogens (tertiary/aromatic N) is 2. The highest BCUT2D eigenvalue weighted by Gasteiger charge is 2.32. The second-order valence-electron chi connectivity index (χ2n) is 6.23. The summed E-state index contributed by atoms with van der Waals surface area (Å²) in [6.07, 6.45) is 3.65. The zero-order valence-electron chi connectivity index (χ0n) is 13.0. The quantitative estimate of drug-likeness (QED) is 0.840. The van der Waals surface area contributed by atoms with Gasteiger partial charge in [-0.1, -0.05) is 12.8 Å². The molecule has 2 aliphatic heterocycles. The number of carboxylic acids is 1.